The molecule has 28 heavy (non-hydrogen) atoms. The minimum Gasteiger partial charge on any atom is -0.368 e. The highest BCUT2D eigenvalue weighted by atomic mass is 35.5. The van der Waals surface area contributed by atoms with Gasteiger partial charge in [0.05, 0.1) is 0 Å². The first kappa shape index (κ1) is 20.9. The van der Waals surface area contributed by atoms with E-state index in [0.29, 0.717) is 19.7 Å². The number of aliphatic imine (C=N–C) groups is 1. The minimum absolute atomic E-state index is 0.0574. The van der Waals surface area contributed by atoms with Crippen LogP contribution < -0.4 is 5.32 Å². The molecule has 3 rings (SSSR count). The Morgan fingerprint density at radius 3 is 2.43 bits per heavy atom. The van der Waals surface area contributed by atoms with Gasteiger partial charge in [-0.2, -0.15) is 0 Å². The van der Waals surface area contributed by atoms with E-state index in [1.54, 1.807) is 0 Å². The quantitative estimate of drug-likeness (QED) is 0.616. The number of hydrogen-bond donors (Lipinski definition) is 1. The Morgan fingerprint density at radius 1 is 1.21 bits per heavy atom. The zero-order chi connectivity index (χ0) is 20.1. The number of amides is 1. The number of carbonyl (C=O) groups excluding carboxylic acids is 1. The Morgan fingerprint density at radius 2 is 1.86 bits per heavy atom. The minimum atomic E-state index is -0.232. The van der Waals surface area contributed by atoms with Gasteiger partial charge in [-0.25, -0.2) is 0 Å². The normalized spacial score (nSPS) is 21.1. The Hall–Kier alpha value is -1.79. The van der Waals surface area contributed by atoms with E-state index in [2.05, 4.69) is 41.2 Å². The first-order valence-electron chi connectivity index (χ1n) is 10.0. The molecule has 0 spiro atoms. The van der Waals surface area contributed by atoms with Crippen LogP contribution in [0.1, 0.15) is 32.3 Å². The molecule has 0 bridgehead atoms. The zero-order valence-corrected chi connectivity index (χ0v) is 17.8. The van der Waals surface area contributed by atoms with Crippen LogP contribution in [-0.2, 0) is 14.9 Å². The molecule has 1 aromatic carbocycles. The van der Waals surface area contributed by atoms with E-state index in [0.717, 1.165) is 43.5 Å². The van der Waals surface area contributed by atoms with Gasteiger partial charge in [0.25, 0.3) is 5.91 Å². The SMILES string of the molecule is CN=C(NCC(C)(C)c1ccc(Cl)cc1)N1CCN(C(=O)C2CCCO2)CC1. The third-order valence-electron chi connectivity index (χ3n) is 5.62. The fraction of sp³-hybridized carbons (Fsp3) is 0.619. The molecule has 2 aliphatic rings. The summed E-state index contributed by atoms with van der Waals surface area (Å²) in [5.41, 5.74) is 1.17. The first-order chi connectivity index (χ1) is 13.4. The summed E-state index contributed by atoms with van der Waals surface area (Å²) in [5, 5.41) is 4.26. The first-order valence-corrected chi connectivity index (χ1v) is 10.4. The Labute approximate surface area is 172 Å². The molecule has 0 saturated carbocycles. The number of piperazine rings is 1. The van der Waals surface area contributed by atoms with Crippen molar-refractivity contribution in [1.82, 2.24) is 15.1 Å². The van der Waals surface area contributed by atoms with Crippen LogP contribution in [0.25, 0.3) is 0 Å². The number of rotatable bonds is 4. The molecule has 0 aromatic heterocycles. The zero-order valence-electron chi connectivity index (χ0n) is 17.1. The number of benzene rings is 1. The molecule has 2 heterocycles. The molecule has 1 N–H and O–H groups in total. The van der Waals surface area contributed by atoms with E-state index >= 15 is 0 Å². The van der Waals surface area contributed by atoms with Crippen molar-refractivity contribution in [1.29, 1.82) is 0 Å². The standard InChI is InChI=1S/C21H31ClN4O2/c1-21(2,16-6-8-17(22)9-7-16)15-24-20(23-3)26-12-10-25(11-13-26)19(27)18-5-4-14-28-18/h6-9,18H,4-5,10-15H2,1-3H3,(H,23,24). The smallest absolute Gasteiger partial charge is 0.251 e. The summed E-state index contributed by atoms with van der Waals surface area (Å²) in [5.74, 6) is 1.02. The Kier molecular flexibility index (Phi) is 6.83. The fourth-order valence-electron chi connectivity index (χ4n) is 3.75. The molecular weight excluding hydrogens is 376 g/mol. The van der Waals surface area contributed by atoms with Gasteiger partial charge < -0.3 is 19.9 Å². The average molecular weight is 407 g/mol. The van der Waals surface area contributed by atoms with E-state index in [9.17, 15) is 4.79 Å². The van der Waals surface area contributed by atoms with Crippen molar-refractivity contribution >= 4 is 23.5 Å². The van der Waals surface area contributed by atoms with Gasteiger partial charge in [0.2, 0.25) is 0 Å². The number of hydrogen-bond acceptors (Lipinski definition) is 3. The van der Waals surface area contributed by atoms with Crippen LogP contribution >= 0.6 is 11.6 Å². The highest BCUT2D eigenvalue weighted by molar-refractivity contribution is 6.30. The predicted octanol–water partition coefficient (Wildman–Crippen LogP) is 2.52. The third-order valence-corrected chi connectivity index (χ3v) is 5.87. The molecule has 0 aliphatic carbocycles. The highest BCUT2D eigenvalue weighted by Crippen LogP contribution is 2.24. The van der Waals surface area contributed by atoms with Crippen molar-refractivity contribution in [3.63, 3.8) is 0 Å². The Bertz CT molecular complexity index is 691. The van der Waals surface area contributed by atoms with Crippen LogP contribution in [0.5, 0.6) is 0 Å². The van der Waals surface area contributed by atoms with E-state index < -0.39 is 0 Å². The summed E-state index contributed by atoms with van der Waals surface area (Å²) in [7, 11) is 1.81. The van der Waals surface area contributed by atoms with Crippen molar-refractivity contribution in [3.8, 4) is 0 Å². The molecular formula is C21H31ClN4O2. The monoisotopic (exact) mass is 406 g/mol. The van der Waals surface area contributed by atoms with Crippen LogP contribution in [0.15, 0.2) is 29.3 Å². The lowest BCUT2D eigenvalue weighted by Gasteiger charge is -2.38. The number of halogens is 1. The van der Waals surface area contributed by atoms with Crippen LogP contribution in [0.3, 0.4) is 0 Å². The van der Waals surface area contributed by atoms with Crippen molar-refractivity contribution in [2.45, 2.75) is 38.2 Å². The second-order valence-corrected chi connectivity index (χ2v) is 8.54. The number of nitrogens with zero attached hydrogens (tertiary/aromatic N) is 3. The lowest BCUT2D eigenvalue weighted by molar-refractivity contribution is -0.142. The average Bonchev–Trinajstić information content (AvgIpc) is 3.23. The lowest BCUT2D eigenvalue weighted by atomic mass is 9.84. The van der Waals surface area contributed by atoms with E-state index in [4.69, 9.17) is 16.3 Å². The van der Waals surface area contributed by atoms with Crippen LogP contribution in [0, 0.1) is 0 Å². The third kappa shape index (κ3) is 4.97. The summed E-state index contributed by atoms with van der Waals surface area (Å²) in [6, 6.07) is 8.00. The van der Waals surface area contributed by atoms with Gasteiger partial charge in [0, 0.05) is 56.8 Å². The summed E-state index contributed by atoms with van der Waals surface area (Å²) in [6.07, 6.45) is 1.60. The molecule has 1 amide bonds. The highest BCUT2D eigenvalue weighted by Gasteiger charge is 2.31. The second-order valence-electron chi connectivity index (χ2n) is 8.11. The summed E-state index contributed by atoms with van der Waals surface area (Å²) in [4.78, 5) is 21.1. The van der Waals surface area contributed by atoms with Gasteiger partial charge in [-0.3, -0.25) is 9.79 Å². The fourth-order valence-corrected chi connectivity index (χ4v) is 3.88. The maximum absolute atomic E-state index is 12.5. The van der Waals surface area contributed by atoms with E-state index in [1.807, 2.05) is 24.1 Å². The van der Waals surface area contributed by atoms with Gasteiger partial charge in [-0.1, -0.05) is 37.6 Å². The van der Waals surface area contributed by atoms with Crippen molar-refractivity contribution in [3.05, 3.63) is 34.9 Å². The molecule has 0 radical (unpaired) electrons. The molecule has 7 heteroatoms. The van der Waals surface area contributed by atoms with E-state index in [1.165, 1.54) is 5.56 Å². The summed E-state index contributed by atoms with van der Waals surface area (Å²) < 4.78 is 5.54. The largest absolute Gasteiger partial charge is 0.368 e. The van der Waals surface area contributed by atoms with Gasteiger partial charge in [0.15, 0.2) is 5.96 Å². The maximum Gasteiger partial charge on any atom is 0.251 e. The summed E-state index contributed by atoms with van der Waals surface area (Å²) >= 11 is 6.01. The molecule has 1 atom stereocenters. The van der Waals surface area contributed by atoms with Crippen LogP contribution in [0.2, 0.25) is 5.02 Å². The van der Waals surface area contributed by atoms with Gasteiger partial charge in [-0.15, -0.1) is 0 Å². The Balaban J connectivity index is 1.52. The lowest BCUT2D eigenvalue weighted by Crippen LogP contribution is -2.56. The number of nitrogens with one attached hydrogen (secondary N) is 1. The topological polar surface area (TPSA) is 57.2 Å². The maximum atomic E-state index is 12.5. The van der Waals surface area contributed by atoms with Gasteiger partial charge in [-0.05, 0) is 30.5 Å². The molecule has 1 unspecified atom stereocenters. The van der Waals surface area contributed by atoms with Gasteiger partial charge in [0.1, 0.15) is 6.10 Å². The number of guanidine groups is 1. The number of carbonyl (C=O) groups is 1. The van der Waals surface area contributed by atoms with Crippen LogP contribution in [-0.4, -0.2) is 74.1 Å². The van der Waals surface area contributed by atoms with Gasteiger partial charge >= 0.3 is 0 Å². The second kappa shape index (κ2) is 9.14. The molecule has 2 aliphatic heterocycles. The van der Waals surface area contributed by atoms with Crippen molar-refractivity contribution in [2.24, 2.45) is 4.99 Å². The molecule has 6 nitrogen and oxygen atoms in total. The van der Waals surface area contributed by atoms with Crippen molar-refractivity contribution < 1.29 is 9.53 Å². The van der Waals surface area contributed by atoms with Crippen molar-refractivity contribution in [2.75, 3.05) is 46.4 Å². The van der Waals surface area contributed by atoms with E-state index in [-0.39, 0.29) is 17.4 Å². The molecule has 154 valence electrons. The molecule has 2 fully saturated rings. The summed E-state index contributed by atoms with van der Waals surface area (Å²) in [6.45, 7) is 8.84. The number of ether oxygens (including phenoxy) is 1. The molecule has 1 aromatic rings. The van der Waals surface area contributed by atoms with Crippen LogP contribution in [0.4, 0.5) is 0 Å². The predicted molar refractivity (Wildman–Crippen MR) is 113 cm³/mol. The molecule has 2 saturated heterocycles.